The van der Waals surface area contributed by atoms with E-state index in [1.807, 2.05) is 20.8 Å². The van der Waals surface area contributed by atoms with E-state index >= 15 is 0 Å². The molecule has 0 aromatic carbocycles. The number of nitrogens with zero attached hydrogens (tertiary/aromatic N) is 1. The molecule has 1 heterocycles. The summed E-state index contributed by atoms with van der Waals surface area (Å²) in [4.78, 5) is 12.2. The van der Waals surface area contributed by atoms with Crippen molar-refractivity contribution in [2.75, 3.05) is 26.3 Å². The molecule has 2 atom stereocenters. The third kappa shape index (κ3) is 4.49. The summed E-state index contributed by atoms with van der Waals surface area (Å²) in [7, 11) is 0. The summed E-state index contributed by atoms with van der Waals surface area (Å²) in [5.74, 6) is 0. The van der Waals surface area contributed by atoms with Gasteiger partial charge in [0.1, 0.15) is 12.2 Å². The third-order valence-corrected chi connectivity index (χ3v) is 2.41. The lowest BCUT2D eigenvalue weighted by Gasteiger charge is -2.27. The molecule has 0 aromatic rings. The number of carbonyl (C=O) groups is 1. The first-order valence-electron chi connectivity index (χ1n) is 5.71. The van der Waals surface area contributed by atoms with Crippen molar-refractivity contribution < 1.29 is 24.5 Å². The van der Waals surface area contributed by atoms with Gasteiger partial charge >= 0.3 is 6.09 Å². The van der Waals surface area contributed by atoms with Gasteiger partial charge in [-0.1, -0.05) is 0 Å². The van der Waals surface area contributed by atoms with Crippen LogP contribution in [0.3, 0.4) is 0 Å². The fraction of sp³-hybridized carbons (Fsp3) is 0.909. The fourth-order valence-corrected chi connectivity index (χ4v) is 1.83. The highest BCUT2D eigenvalue weighted by atomic mass is 16.6. The zero-order valence-electron chi connectivity index (χ0n) is 10.5. The van der Waals surface area contributed by atoms with Gasteiger partial charge in [0.2, 0.25) is 0 Å². The van der Waals surface area contributed by atoms with E-state index in [4.69, 9.17) is 19.7 Å². The van der Waals surface area contributed by atoms with Crippen LogP contribution in [0.5, 0.6) is 0 Å². The van der Waals surface area contributed by atoms with E-state index in [0.29, 0.717) is 6.54 Å². The maximum Gasteiger partial charge on any atom is 0.407 e. The van der Waals surface area contributed by atoms with Crippen molar-refractivity contribution in [3.63, 3.8) is 0 Å². The molecule has 1 saturated heterocycles. The maximum absolute atomic E-state index is 10.9. The first kappa shape index (κ1) is 14.2. The minimum Gasteiger partial charge on any atom is -0.465 e. The summed E-state index contributed by atoms with van der Waals surface area (Å²) in [5.41, 5.74) is -0.347. The molecule has 0 aliphatic carbocycles. The molecule has 2 unspecified atom stereocenters. The molecule has 1 rings (SSSR count). The van der Waals surface area contributed by atoms with E-state index in [2.05, 4.69) is 0 Å². The van der Waals surface area contributed by atoms with Crippen molar-refractivity contribution in [2.45, 2.75) is 38.6 Å². The number of carboxylic acid groups (broad SMARTS) is 1. The molecule has 0 radical (unpaired) electrons. The Hall–Kier alpha value is -0.850. The van der Waals surface area contributed by atoms with Crippen LogP contribution in [-0.4, -0.2) is 65.3 Å². The second-order valence-electron chi connectivity index (χ2n) is 5.09. The standard InChI is InChI=1S/C11H21NO5/c1-11(2,3)17-9-7-12(10(14)15)6-8(9)16-5-4-13/h8-9,13H,4-7H2,1-3H3,(H,14,15). The molecule has 1 aliphatic rings. The molecule has 0 saturated carbocycles. The topological polar surface area (TPSA) is 79.2 Å². The van der Waals surface area contributed by atoms with Gasteiger partial charge in [0.05, 0.1) is 31.9 Å². The van der Waals surface area contributed by atoms with E-state index < -0.39 is 6.09 Å². The summed E-state index contributed by atoms with van der Waals surface area (Å²) in [5, 5.41) is 17.7. The van der Waals surface area contributed by atoms with Crippen LogP contribution in [0.4, 0.5) is 4.79 Å². The van der Waals surface area contributed by atoms with E-state index in [0.717, 1.165) is 0 Å². The van der Waals surface area contributed by atoms with Crippen LogP contribution in [-0.2, 0) is 9.47 Å². The summed E-state index contributed by atoms with van der Waals surface area (Å²) in [6, 6.07) is 0. The molecule has 2 N–H and O–H groups in total. The molecule has 1 fully saturated rings. The number of rotatable bonds is 4. The normalized spacial score (nSPS) is 25.3. The Bertz CT molecular complexity index is 263. The van der Waals surface area contributed by atoms with Crippen LogP contribution in [0.15, 0.2) is 0 Å². The molecule has 17 heavy (non-hydrogen) atoms. The highest BCUT2D eigenvalue weighted by molar-refractivity contribution is 5.65. The Balaban J connectivity index is 2.60. The Morgan fingerprint density at radius 2 is 1.94 bits per heavy atom. The number of amides is 1. The zero-order valence-corrected chi connectivity index (χ0v) is 10.5. The highest BCUT2D eigenvalue weighted by Gasteiger charge is 2.38. The monoisotopic (exact) mass is 247 g/mol. The van der Waals surface area contributed by atoms with Gasteiger partial charge in [0, 0.05) is 0 Å². The first-order valence-corrected chi connectivity index (χ1v) is 5.71. The highest BCUT2D eigenvalue weighted by Crippen LogP contribution is 2.22. The predicted molar refractivity (Wildman–Crippen MR) is 61.0 cm³/mol. The second-order valence-corrected chi connectivity index (χ2v) is 5.09. The minimum atomic E-state index is -0.970. The third-order valence-electron chi connectivity index (χ3n) is 2.41. The number of aliphatic hydroxyl groups excluding tert-OH is 1. The minimum absolute atomic E-state index is 0.0776. The Kier molecular flexibility index (Phi) is 4.73. The molecular formula is C11H21NO5. The average Bonchev–Trinajstić information content (AvgIpc) is 2.55. The van der Waals surface area contributed by atoms with Crippen molar-refractivity contribution in [1.82, 2.24) is 4.90 Å². The lowest BCUT2D eigenvalue weighted by atomic mass is 10.1. The van der Waals surface area contributed by atoms with Crippen LogP contribution in [0, 0.1) is 0 Å². The van der Waals surface area contributed by atoms with Gasteiger partial charge < -0.3 is 24.6 Å². The SMILES string of the molecule is CC(C)(C)OC1CN(C(=O)O)CC1OCCO. The van der Waals surface area contributed by atoms with Crippen LogP contribution >= 0.6 is 0 Å². The molecule has 0 spiro atoms. The van der Waals surface area contributed by atoms with Crippen molar-refractivity contribution in [3.05, 3.63) is 0 Å². The van der Waals surface area contributed by atoms with Crippen molar-refractivity contribution in [2.24, 2.45) is 0 Å². The van der Waals surface area contributed by atoms with Gasteiger partial charge in [0.15, 0.2) is 0 Å². The van der Waals surface area contributed by atoms with Gasteiger partial charge in [-0.05, 0) is 20.8 Å². The smallest absolute Gasteiger partial charge is 0.407 e. The zero-order chi connectivity index (χ0) is 13.1. The number of hydrogen-bond acceptors (Lipinski definition) is 4. The van der Waals surface area contributed by atoms with Crippen molar-refractivity contribution >= 4 is 6.09 Å². The summed E-state index contributed by atoms with van der Waals surface area (Å²) in [6.45, 7) is 6.46. The fourth-order valence-electron chi connectivity index (χ4n) is 1.83. The summed E-state index contributed by atoms with van der Waals surface area (Å²) in [6.07, 6.45) is -1.56. The van der Waals surface area contributed by atoms with Crippen LogP contribution in [0.1, 0.15) is 20.8 Å². The molecule has 100 valence electrons. The van der Waals surface area contributed by atoms with E-state index in [-0.39, 0.29) is 37.6 Å². The van der Waals surface area contributed by atoms with Gasteiger partial charge in [-0.3, -0.25) is 0 Å². The van der Waals surface area contributed by atoms with Gasteiger partial charge in [-0.25, -0.2) is 4.79 Å². The molecule has 1 aliphatic heterocycles. The average molecular weight is 247 g/mol. The van der Waals surface area contributed by atoms with Gasteiger partial charge in [-0.15, -0.1) is 0 Å². The number of aliphatic hydroxyl groups is 1. The number of hydrogen-bond donors (Lipinski definition) is 2. The van der Waals surface area contributed by atoms with Crippen LogP contribution < -0.4 is 0 Å². The lowest BCUT2D eigenvalue weighted by Crippen LogP contribution is -2.37. The van der Waals surface area contributed by atoms with Gasteiger partial charge in [0.25, 0.3) is 0 Å². The lowest BCUT2D eigenvalue weighted by molar-refractivity contribution is -0.111. The largest absolute Gasteiger partial charge is 0.465 e. The van der Waals surface area contributed by atoms with E-state index in [1.165, 1.54) is 4.90 Å². The van der Waals surface area contributed by atoms with Crippen LogP contribution in [0.2, 0.25) is 0 Å². The Labute approximate surface area is 101 Å². The van der Waals surface area contributed by atoms with Crippen LogP contribution in [0.25, 0.3) is 0 Å². The Morgan fingerprint density at radius 3 is 2.41 bits per heavy atom. The van der Waals surface area contributed by atoms with E-state index in [9.17, 15) is 4.79 Å². The number of likely N-dealkylation sites (tertiary alicyclic amines) is 1. The maximum atomic E-state index is 10.9. The molecular weight excluding hydrogens is 226 g/mol. The number of ether oxygens (including phenoxy) is 2. The molecule has 0 bridgehead atoms. The molecule has 0 aromatic heterocycles. The molecule has 1 amide bonds. The Morgan fingerprint density at radius 1 is 1.35 bits per heavy atom. The summed E-state index contributed by atoms with van der Waals surface area (Å²) >= 11 is 0. The van der Waals surface area contributed by atoms with Crippen molar-refractivity contribution in [3.8, 4) is 0 Å². The van der Waals surface area contributed by atoms with E-state index in [1.54, 1.807) is 0 Å². The molecule has 6 heteroatoms. The molecule has 6 nitrogen and oxygen atoms in total. The van der Waals surface area contributed by atoms with Gasteiger partial charge in [-0.2, -0.15) is 0 Å². The second kappa shape index (κ2) is 5.66. The quantitative estimate of drug-likeness (QED) is 0.758. The summed E-state index contributed by atoms with van der Waals surface area (Å²) < 4.78 is 11.2. The predicted octanol–water partition coefficient (Wildman–Crippen LogP) is 0.541. The first-order chi connectivity index (χ1) is 7.83. The van der Waals surface area contributed by atoms with Crippen molar-refractivity contribution in [1.29, 1.82) is 0 Å².